The summed E-state index contributed by atoms with van der Waals surface area (Å²) in [6, 6.07) is 9.39. The molecule has 2 aromatic carbocycles. The summed E-state index contributed by atoms with van der Waals surface area (Å²) in [6.45, 7) is 7.74. The van der Waals surface area contributed by atoms with E-state index in [2.05, 4.69) is 9.37 Å². The molecular weight excluding hydrogens is 812 g/mol. The normalized spacial score (nSPS) is 17.3. The van der Waals surface area contributed by atoms with E-state index >= 15 is 0 Å². The zero-order valence-corrected chi connectivity index (χ0v) is 41.6. The van der Waals surface area contributed by atoms with Gasteiger partial charge in [0.05, 0.1) is 32.8 Å². The second kappa shape index (κ2) is 20.1. The van der Waals surface area contributed by atoms with Gasteiger partial charge in [-0.1, -0.05) is 45.9 Å². The second-order valence-electron chi connectivity index (χ2n) is 12.3. The quantitative estimate of drug-likeness (QED) is 0.0619. The molecule has 1 N–H and O–H groups in total. The van der Waals surface area contributed by atoms with E-state index in [1.165, 1.54) is 18.2 Å². The summed E-state index contributed by atoms with van der Waals surface area (Å²) in [5, 5.41) is 13.8. The van der Waals surface area contributed by atoms with Gasteiger partial charge in [0.2, 0.25) is 0 Å². The van der Waals surface area contributed by atoms with Crippen LogP contribution in [0.25, 0.3) is 5.57 Å². The van der Waals surface area contributed by atoms with Crippen molar-refractivity contribution in [2.45, 2.75) is 67.6 Å². The van der Waals surface area contributed by atoms with E-state index in [9.17, 15) is 44.2 Å². The molecule has 258 valence electrons. The fraction of sp³-hybridized carbons (Fsp3) is 0.400. The van der Waals surface area contributed by atoms with Gasteiger partial charge in [0.25, 0.3) is 10.1 Å². The predicted octanol–water partition coefficient (Wildman–Crippen LogP) is -5.28. The molecule has 0 saturated heterocycles. The predicted molar refractivity (Wildman–Crippen MR) is 171 cm³/mol. The maximum absolute atomic E-state index is 11.8. The molecule has 0 unspecified atom stereocenters. The number of hydrogen-bond acceptors (Lipinski definition) is 13. The summed E-state index contributed by atoms with van der Waals surface area (Å²) in [5.74, 6) is -1.04. The third-order valence-electron chi connectivity index (χ3n) is 8.42. The van der Waals surface area contributed by atoms with E-state index in [0.717, 1.165) is 34.3 Å². The van der Waals surface area contributed by atoms with Crippen molar-refractivity contribution >= 4 is 53.7 Å². The van der Waals surface area contributed by atoms with Crippen LogP contribution in [0.2, 0.25) is 0 Å². The first-order valence-electron chi connectivity index (χ1n) is 14.3. The fourth-order valence-electron chi connectivity index (χ4n) is 6.27. The molecule has 0 spiro atoms. The van der Waals surface area contributed by atoms with E-state index in [4.69, 9.17) is 0 Å². The summed E-state index contributed by atoms with van der Waals surface area (Å²) in [6.07, 6.45) is 5.90. The molecule has 0 radical (unpaired) electrons. The van der Waals surface area contributed by atoms with Crippen molar-refractivity contribution in [2.24, 2.45) is 0 Å². The van der Waals surface area contributed by atoms with Gasteiger partial charge in [-0.2, -0.15) is 12.8 Å². The largest absolute Gasteiger partial charge is 1.00 e. The molecule has 0 atom stereocenters. The Morgan fingerprint density at radius 2 is 1.54 bits per heavy atom. The Balaban J connectivity index is 0.00000417. The number of hydrogen-bond donors (Lipinski definition) is 1. The third kappa shape index (κ3) is 12.7. The van der Waals surface area contributed by atoms with Gasteiger partial charge in [-0.25, -0.2) is 16.8 Å². The Labute approximate surface area is 426 Å². The van der Waals surface area contributed by atoms with Gasteiger partial charge in [-0.05, 0) is 83.5 Å². The molecule has 1 heterocycles. The number of fused-ring (bicyclic) bond motifs is 2. The van der Waals surface area contributed by atoms with Crippen LogP contribution in [-0.4, -0.2) is 57.0 Å². The molecule has 13 nitrogen and oxygen atoms in total. The number of anilines is 1. The Morgan fingerprint density at radius 3 is 2.12 bits per heavy atom. The van der Waals surface area contributed by atoms with Crippen LogP contribution in [-0.2, 0) is 50.6 Å². The minimum Gasteiger partial charge on any atom is -0.748 e. The summed E-state index contributed by atoms with van der Waals surface area (Å²) >= 11 is 0.737. The standard InChI is InChI=1S/C30H37NO12S4.3K/c1-29(2)24(22(8-6-16-45(33,34)35)23-13-11-20(18-25(23)29)44-43-42-32)9-5-10-28-30(3,4)26-19-21(47(39,40)41)12-14-27(26)31(28)15-7-17-46(36,37)38;;;/h5,9-14,18-19,32H,6-8,15-17H2,1-4H3,(H,33,34,35)(H,36,37,38)(H,39,40,41);;;/q;3*+1/p-3/b9-5?,28-10+;;;. The van der Waals surface area contributed by atoms with E-state index in [-0.39, 0.29) is 174 Å². The molecule has 1 aliphatic heterocycles. The molecule has 0 saturated carbocycles. The van der Waals surface area contributed by atoms with Crippen molar-refractivity contribution in [1.82, 2.24) is 0 Å². The Morgan fingerprint density at radius 1 is 0.880 bits per heavy atom. The summed E-state index contributed by atoms with van der Waals surface area (Å²) in [5.41, 5.74) is 3.73. The average Bonchev–Trinajstić information content (AvgIpc) is 3.28. The maximum Gasteiger partial charge on any atom is 1.00 e. The van der Waals surface area contributed by atoms with E-state index < -0.39 is 57.6 Å². The van der Waals surface area contributed by atoms with Crippen molar-refractivity contribution < 1.29 is 208 Å². The topological polar surface area (TPSA) is 214 Å². The Kier molecular flexibility index (Phi) is 20.3. The molecule has 20 heteroatoms. The molecule has 0 fully saturated rings. The van der Waals surface area contributed by atoms with Crippen molar-refractivity contribution in [2.75, 3.05) is 23.0 Å². The smallest absolute Gasteiger partial charge is 0.748 e. The Bertz CT molecular complexity index is 1980. The molecule has 0 bridgehead atoms. The molecular formula is C30H34K3NO12S4. The zero-order chi connectivity index (χ0) is 35.0. The summed E-state index contributed by atoms with van der Waals surface area (Å²) in [7, 11) is -13.4. The van der Waals surface area contributed by atoms with Crippen molar-refractivity contribution in [1.29, 1.82) is 0 Å². The molecule has 2 aliphatic rings. The first kappa shape index (κ1) is 50.3. The van der Waals surface area contributed by atoms with Gasteiger partial charge < -0.3 is 19.3 Å². The van der Waals surface area contributed by atoms with Gasteiger partial charge in [-0.15, -0.1) is 0 Å². The van der Waals surface area contributed by atoms with Crippen LogP contribution in [0.4, 0.5) is 5.69 Å². The minimum absolute atomic E-state index is 0. The number of nitrogens with zero attached hydrogens (tertiary/aromatic N) is 1. The monoisotopic (exact) mass is 845 g/mol. The minimum atomic E-state index is -4.76. The van der Waals surface area contributed by atoms with Crippen LogP contribution in [0.5, 0.6) is 0 Å². The first-order chi connectivity index (χ1) is 21.7. The van der Waals surface area contributed by atoms with Crippen LogP contribution in [0.3, 0.4) is 0 Å². The van der Waals surface area contributed by atoms with Crippen molar-refractivity contribution in [3.8, 4) is 0 Å². The molecule has 0 aromatic heterocycles. The average molecular weight is 846 g/mol. The van der Waals surface area contributed by atoms with Crippen LogP contribution in [0, 0.1) is 0 Å². The van der Waals surface area contributed by atoms with E-state index in [0.29, 0.717) is 28.3 Å². The van der Waals surface area contributed by atoms with Gasteiger partial charge in [-0.3, -0.25) is 9.59 Å². The fourth-order valence-corrected chi connectivity index (χ4v) is 8.16. The van der Waals surface area contributed by atoms with Crippen LogP contribution in [0.15, 0.2) is 75.7 Å². The van der Waals surface area contributed by atoms with E-state index in [1.807, 2.05) is 45.9 Å². The van der Waals surface area contributed by atoms with E-state index in [1.54, 1.807) is 23.1 Å². The van der Waals surface area contributed by atoms with Crippen molar-refractivity contribution in [3.63, 3.8) is 0 Å². The van der Waals surface area contributed by atoms with Gasteiger partial charge in [0, 0.05) is 39.4 Å². The summed E-state index contributed by atoms with van der Waals surface area (Å²) < 4.78 is 106. The SMILES string of the molecule is CC1(C)C(C=C/C=C2/N(CCCS(=O)(=O)[O-])c3ccc(S(=O)(=O)[O-])cc3C2(C)C)=C(CCCS(=O)(=O)O)c2ccc(SOO[O-])cc21.[K+].[K+].[K+]. The zero-order valence-electron chi connectivity index (χ0n) is 29.0. The maximum atomic E-state index is 11.8. The van der Waals surface area contributed by atoms with Crippen molar-refractivity contribution in [3.05, 3.63) is 82.6 Å². The molecule has 1 aliphatic carbocycles. The van der Waals surface area contributed by atoms with Gasteiger partial charge >= 0.3 is 154 Å². The van der Waals surface area contributed by atoms with Crippen LogP contribution < -0.4 is 164 Å². The van der Waals surface area contributed by atoms with Gasteiger partial charge in [0.1, 0.15) is 10.1 Å². The van der Waals surface area contributed by atoms with Crippen LogP contribution >= 0.6 is 12.0 Å². The first-order valence-corrected chi connectivity index (χ1v) is 19.7. The molecule has 4 rings (SSSR count). The number of rotatable bonds is 14. The summed E-state index contributed by atoms with van der Waals surface area (Å²) in [4.78, 5) is 1.99. The number of benzene rings is 2. The van der Waals surface area contributed by atoms with Crippen LogP contribution in [0.1, 0.15) is 63.6 Å². The number of allylic oxidation sites excluding steroid dienone is 6. The van der Waals surface area contributed by atoms with Gasteiger partial charge in [0.15, 0.2) is 0 Å². The Hall–Kier alpha value is 2.33. The molecule has 0 amide bonds. The second-order valence-corrected chi connectivity index (χ2v) is 17.5. The molecule has 50 heavy (non-hydrogen) atoms. The molecule has 2 aromatic rings. The third-order valence-corrected chi connectivity index (χ3v) is 11.4.